The third kappa shape index (κ3) is 12.5. The highest BCUT2D eigenvalue weighted by Gasteiger charge is 2.45. The lowest BCUT2D eigenvalue weighted by molar-refractivity contribution is -0.156. The van der Waals surface area contributed by atoms with Crippen molar-refractivity contribution in [2.24, 2.45) is 23.7 Å². The molecule has 55 heavy (non-hydrogen) atoms. The van der Waals surface area contributed by atoms with E-state index in [1.807, 2.05) is 83.8 Å². The van der Waals surface area contributed by atoms with Crippen molar-refractivity contribution in [3.8, 4) is 0 Å². The van der Waals surface area contributed by atoms with Gasteiger partial charge >= 0.3 is 5.97 Å². The Morgan fingerprint density at radius 3 is 1.95 bits per heavy atom. The molecule has 0 aromatic heterocycles. The lowest BCUT2D eigenvalue weighted by atomic mass is 9.86. The Morgan fingerprint density at radius 2 is 1.51 bits per heavy atom. The van der Waals surface area contributed by atoms with E-state index in [4.69, 9.17) is 9.47 Å². The van der Waals surface area contributed by atoms with Crippen LogP contribution >= 0.6 is 0 Å². The van der Waals surface area contributed by atoms with E-state index in [0.29, 0.717) is 19.4 Å². The molecular formula is C42H71N5O8. The number of carbonyl (C=O) groups is 5. The zero-order valence-corrected chi connectivity index (χ0v) is 35.9. The Kier molecular flexibility index (Phi) is 18.3. The number of carbonyl (C=O) groups excluding carboxylic acids is 4. The standard InChI is InChI=1S/C42H71N5O8/c1-15-27(6)36(45(11)40(51)34(25(2)3)44-39(50)35(26(4)5)46(12)42(8,9)10)32(54-13)24-33(48)47-22-21-31(47)37(55-14)28(7)38(49)43-30(41(52)53)23-29-19-17-16-18-20-29/h16-20,25-28,30-32,34-37H,15,21-24H2,1-14H3,(H,43,49)(H,44,50)(H,52,53)/t27-,28+,30-,31-,32+,34-,35-,36-,37+/m0/s1. The molecule has 312 valence electrons. The van der Waals surface area contributed by atoms with Crippen LogP contribution in [0.15, 0.2) is 30.3 Å². The number of amides is 4. The number of likely N-dealkylation sites (tertiary alicyclic amines) is 1. The van der Waals surface area contributed by atoms with Crippen LogP contribution in [0.4, 0.5) is 0 Å². The number of carboxylic acids is 1. The number of hydrogen-bond donors (Lipinski definition) is 3. The summed E-state index contributed by atoms with van der Waals surface area (Å²) in [7, 11) is 6.67. The molecule has 9 atom stereocenters. The van der Waals surface area contributed by atoms with Crippen molar-refractivity contribution in [1.82, 2.24) is 25.3 Å². The van der Waals surface area contributed by atoms with E-state index in [-0.39, 0.29) is 53.9 Å². The molecule has 1 aliphatic heterocycles. The first kappa shape index (κ1) is 47.6. The number of nitrogens with zero attached hydrogens (tertiary/aromatic N) is 3. The summed E-state index contributed by atoms with van der Waals surface area (Å²) in [5.74, 6) is -3.27. The quantitative estimate of drug-likeness (QED) is 0.166. The van der Waals surface area contributed by atoms with Crippen LogP contribution in [-0.4, -0.2) is 132 Å². The van der Waals surface area contributed by atoms with Crippen LogP contribution in [0.2, 0.25) is 0 Å². The van der Waals surface area contributed by atoms with E-state index in [0.717, 1.165) is 5.56 Å². The van der Waals surface area contributed by atoms with Crippen LogP contribution in [0.5, 0.6) is 0 Å². The molecule has 0 unspecified atom stereocenters. The summed E-state index contributed by atoms with van der Waals surface area (Å²) in [6, 6.07) is 5.83. The van der Waals surface area contributed by atoms with E-state index in [1.54, 1.807) is 23.8 Å². The average Bonchev–Trinajstić information content (AvgIpc) is 3.10. The Bertz CT molecular complexity index is 1420. The van der Waals surface area contributed by atoms with Gasteiger partial charge in [-0.05, 0) is 57.6 Å². The number of aliphatic carboxylic acids is 1. The zero-order chi connectivity index (χ0) is 41.9. The normalized spacial score (nSPS) is 19.1. The molecule has 1 heterocycles. The van der Waals surface area contributed by atoms with Crippen molar-refractivity contribution >= 4 is 29.6 Å². The molecule has 1 fully saturated rings. The molecule has 1 aliphatic rings. The van der Waals surface area contributed by atoms with Crippen molar-refractivity contribution in [3.63, 3.8) is 0 Å². The van der Waals surface area contributed by atoms with Gasteiger partial charge in [0.2, 0.25) is 23.6 Å². The van der Waals surface area contributed by atoms with Gasteiger partial charge in [-0.1, -0.05) is 85.2 Å². The van der Waals surface area contributed by atoms with Crippen LogP contribution in [0.25, 0.3) is 0 Å². The lowest BCUT2D eigenvalue weighted by Gasteiger charge is -2.47. The molecule has 0 aliphatic carbocycles. The number of benzene rings is 1. The second-order valence-corrected chi connectivity index (χ2v) is 17.0. The van der Waals surface area contributed by atoms with Gasteiger partial charge in [0.1, 0.15) is 12.1 Å². The van der Waals surface area contributed by atoms with Gasteiger partial charge in [0.25, 0.3) is 0 Å². The minimum Gasteiger partial charge on any atom is -0.480 e. The van der Waals surface area contributed by atoms with Gasteiger partial charge in [0, 0.05) is 39.8 Å². The van der Waals surface area contributed by atoms with Crippen molar-refractivity contribution in [3.05, 3.63) is 35.9 Å². The molecule has 1 aromatic rings. The monoisotopic (exact) mass is 774 g/mol. The molecule has 4 amide bonds. The van der Waals surface area contributed by atoms with E-state index < -0.39 is 60.2 Å². The molecule has 13 nitrogen and oxygen atoms in total. The maximum absolute atomic E-state index is 14.3. The molecular weight excluding hydrogens is 702 g/mol. The van der Waals surface area contributed by atoms with Crippen LogP contribution in [0, 0.1) is 23.7 Å². The summed E-state index contributed by atoms with van der Waals surface area (Å²) < 4.78 is 11.8. The summed E-state index contributed by atoms with van der Waals surface area (Å²) in [6.45, 7) is 20.2. The molecule has 1 aromatic carbocycles. The second kappa shape index (κ2) is 21.1. The van der Waals surface area contributed by atoms with Gasteiger partial charge < -0.3 is 35.0 Å². The SMILES string of the molecule is CC[C@H](C)[C@@H]([C@@H](CC(=O)N1CC[C@H]1[C@H](OC)[C@@H](C)C(=O)N[C@@H](Cc1ccccc1)C(=O)O)OC)N(C)C(=O)[C@@H](NC(=O)[C@H](C(C)C)N(C)C(C)(C)C)C(C)C. The Labute approximate surface area is 330 Å². The molecule has 3 N–H and O–H groups in total. The molecule has 0 radical (unpaired) electrons. The second-order valence-electron chi connectivity index (χ2n) is 17.0. The van der Waals surface area contributed by atoms with Crippen LogP contribution < -0.4 is 10.6 Å². The fraction of sp³-hybridized carbons (Fsp3) is 0.738. The number of methoxy groups -OCH3 is 2. The van der Waals surface area contributed by atoms with Crippen molar-refractivity contribution in [2.45, 2.75) is 143 Å². The number of ether oxygens (including phenoxy) is 2. The summed E-state index contributed by atoms with van der Waals surface area (Å²) in [4.78, 5) is 73.0. The Hall–Kier alpha value is -3.55. The van der Waals surface area contributed by atoms with E-state index >= 15 is 0 Å². The van der Waals surface area contributed by atoms with Crippen molar-refractivity contribution in [2.75, 3.05) is 34.9 Å². The van der Waals surface area contributed by atoms with Gasteiger partial charge in [0.05, 0.1) is 42.7 Å². The maximum Gasteiger partial charge on any atom is 0.326 e. The van der Waals surface area contributed by atoms with Gasteiger partial charge in [-0.15, -0.1) is 0 Å². The summed E-state index contributed by atoms with van der Waals surface area (Å²) in [5, 5.41) is 15.6. The van der Waals surface area contributed by atoms with Crippen LogP contribution in [0.3, 0.4) is 0 Å². The van der Waals surface area contributed by atoms with Gasteiger partial charge in [-0.2, -0.15) is 0 Å². The average molecular weight is 774 g/mol. The van der Waals surface area contributed by atoms with Crippen LogP contribution in [-0.2, 0) is 39.9 Å². The van der Waals surface area contributed by atoms with Gasteiger partial charge in [-0.25, -0.2) is 4.79 Å². The summed E-state index contributed by atoms with van der Waals surface area (Å²) >= 11 is 0. The first-order chi connectivity index (χ1) is 25.6. The predicted octanol–water partition coefficient (Wildman–Crippen LogP) is 4.22. The smallest absolute Gasteiger partial charge is 0.326 e. The summed E-state index contributed by atoms with van der Waals surface area (Å²) in [6.07, 6.45) is 0.0995. The molecule has 0 spiro atoms. The first-order valence-electron chi connectivity index (χ1n) is 19.8. The number of likely N-dealkylation sites (N-methyl/N-ethyl adjacent to an activating group) is 2. The number of carboxylic acid groups (broad SMARTS) is 1. The third-order valence-electron chi connectivity index (χ3n) is 11.5. The van der Waals surface area contributed by atoms with E-state index in [9.17, 15) is 29.1 Å². The molecule has 2 rings (SSSR count). The van der Waals surface area contributed by atoms with Crippen molar-refractivity contribution in [1.29, 1.82) is 0 Å². The van der Waals surface area contributed by atoms with E-state index in [2.05, 4.69) is 31.4 Å². The topological polar surface area (TPSA) is 158 Å². The van der Waals surface area contributed by atoms with E-state index in [1.165, 1.54) is 14.2 Å². The third-order valence-corrected chi connectivity index (χ3v) is 11.5. The molecule has 0 saturated carbocycles. The van der Waals surface area contributed by atoms with Crippen LogP contribution in [0.1, 0.15) is 94.1 Å². The Balaban J connectivity index is 2.25. The predicted molar refractivity (Wildman–Crippen MR) is 214 cm³/mol. The summed E-state index contributed by atoms with van der Waals surface area (Å²) in [5.41, 5.74) is 0.515. The molecule has 13 heteroatoms. The highest BCUT2D eigenvalue weighted by atomic mass is 16.5. The molecule has 1 saturated heterocycles. The fourth-order valence-electron chi connectivity index (χ4n) is 7.59. The first-order valence-corrected chi connectivity index (χ1v) is 19.8. The minimum absolute atomic E-state index is 0.00307. The number of rotatable bonds is 21. The highest BCUT2D eigenvalue weighted by molar-refractivity contribution is 5.90. The fourth-order valence-corrected chi connectivity index (χ4v) is 7.59. The number of hydrogen-bond acceptors (Lipinski definition) is 8. The minimum atomic E-state index is -1.14. The lowest BCUT2D eigenvalue weighted by Crippen LogP contribution is -2.62. The molecule has 0 bridgehead atoms. The van der Waals surface area contributed by atoms with Crippen molar-refractivity contribution < 1.29 is 38.6 Å². The number of nitrogens with one attached hydrogen (secondary N) is 2. The highest BCUT2D eigenvalue weighted by Crippen LogP contribution is 2.30. The van der Waals surface area contributed by atoms with Gasteiger partial charge in [-0.3, -0.25) is 24.1 Å². The largest absolute Gasteiger partial charge is 0.480 e. The zero-order valence-electron chi connectivity index (χ0n) is 35.9. The Morgan fingerprint density at radius 1 is 0.909 bits per heavy atom. The van der Waals surface area contributed by atoms with Gasteiger partial charge in [0.15, 0.2) is 0 Å². The maximum atomic E-state index is 14.3.